The van der Waals surface area contributed by atoms with E-state index >= 15 is 0 Å². The summed E-state index contributed by atoms with van der Waals surface area (Å²) in [6.07, 6.45) is 1.64. The second-order valence-corrected chi connectivity index (χ2v) is 6.34. The van der Waals surface area contributed by atoms with Crippen LogP contribution in [-0.4, -0.2) is 22.6 Å². The number of para-hydroxylation sites is 1. The first-order chi connectivity index (χ1) is 12.1. The second kappa shape index (κ2) is 7.53. The summed E-state index contributed by atoms with van der Waals surface area (Å²) in [5, 5.41) is -0.275. The Bertz CT molecular complexity index is 850. The lowest BCUT2D eigenvalue weighted by atomic mass is 10.1. The number of halogens is 1. The van der Waals surface area contributed by atoms with Gasteiger partial charge in [-0.15, -0.1) is 0 Å². The Balaban J connectivity index is 1.82. The van der Waals surface area contributed by atoms with Gasteiger partial charge in [0, 0.05) is 17.7 Å². The number of carbonyl (C=O) groups is 2. The van der Waals surface area contributed by atoms with Crippen molar-refractivity contribution in [3.8, 4) is 5.75 Å². The van der Waals surface area contributed by atoms with E-state index in [2.05, 4.69) is 0 Å². The summed E-state index contributed by atoms with van der Waals surface area (Å²) in [6, 6.07) is 13.5. The molecule has 0 atom stereocenters. The molecule has 1 aliphatic heterocycles. The van der Waals surface area contributed by atoms with E-state index in [-0.39, 0.29) is 23.6 Å². The van der Waals surface area contributed by atoms with Crippen LogP contribution in [0.15, 0.2) is 53.4 Å². The van der Waals surface area contributed by atoms with Crippen molar-refractivity contribution in [2.24, 2.45) is 0 Å². The molecule has 0 spiro atoms. The Morgan fingerprint density at radius 3 is 2.56 bits per heavy atom. The molecule has 1 heterocycles. The predicted molar refractivity (Wildman–Crippen MR) is 95.5 cm³/mol. The molecule has 25 heavy (non-hydrogen) atoms. The molecule has 0 N–H and O–H groups in total. The van der Waals surface area contributed by atoms with Crippen LogP contribution in [0.3, 0.4) is 0 Å². The van der Waals surface area contributed by atoms with Gasteiger partial charge < -0.3 is 4.74 Å². The monoisotopic (exact) mass is 357 g/mol. The number of hydrogen-bond acceptors (Lipinski definition) is 4. The van der Waals surface area contributed by atoms with Crippen LogP contribution in [0, 0.1) is 5.82 Å². The van der Waals surface area contributed by atoms with Crippen LogP contribution in [0.25, 0.3) is 6.08 Å². The van der Waals surface area contributed by atoms with Gasteiger partial charge in [-0.2, -0.15) is 0 Å². The molecule has 128 valence electrons. The van der Waals surface area contributed by atoms with Crippen molar-refractivity contribution in [1.82, 2.24) is 4.90 Å². The molecule has 2 aromatic rings. The molecule has 0 saturated carbocycles. The van der Waals surface area contributed by atoms with E-state index in [4.69, 9.17) is 4.74 Å². The third-order valence-corrected chi connectivity index (χ3v) is 4.64. The van der Waals surface area contributed by atoms with E-state index in [1.807, 2.05) is 6.07 Å². The number of hydrogen-bond donors (Lipinski definition) is 0. The molecule has 2 amide bonds. The minimum Gasteiger partial charge on any atom is -0.488 e. The molecule has 4 nitrogen and oxygen atoms in total. The van der Waals surface area contributed by atoms with Crippen LogP contribution in [0.2, 0.25) is 0 Å². The number of rotatable bonds is 5. The van der Waals surface area contributed by atoms with Crippen molar-refractivity contribution in [2.45, 2.75) is 13.5 Å². The first-order valence-electron chi connectivity index (χ1n) is 7.80. The van der Waals surface area contributed by atoms with Gasteiger partial charge in [0.15, 0.2) is 0 Å². The highest BCUT2D eigenvalue weighted by molar-refractivity contribution is 8.18. The lowest BCUT2D eigenvalue weighted by Gasteiger charge is -2.10. The quantitative estimate of drug-likeness (QED) is 0.741. The number of amides is 2. The molecule has 0 radical (unpaired) electrons. The summed E-state index contributed by atoms with van der Waals surface area (Å²) in [7, 11) is 0. The van der Waals surface area contributed by atoms with Gasteiger partial charge in [0.1, 0.15) is 18.2 Å². The molecule has 1 aliphatic rings. The van der Waals surface area contributed by atoms with Crippen molar-refractivity contribution in [3.63, 3.8) is 0 Å². The van der Waals surface area contributed by atoms with Crippen LogP contribution in [0.4, 0.5) is 9.18 Å². The molecule has 3 rings (SSSR count). The topological polar surface area (TPSA) is 46.6 Å². The molecule has 0 aliphatic carbocycles. The fourth-order valence-corrected chi connectivity index (χ4v) is 3.31. The van der Waals surface area contributed by atoms with Gasteiger partial charge in [-0.1, -0.05) is 36.4 Å². The van der Waals surface area contributed by atoms with Gasteiger partial charge in [-0.25, -0.2) is 4.39 Å². The third-order valence-electron chi connectivity index (χ3n) is 3.74. The number of nitrogens with zero attached hydrogens (tertiary/aromatic N) is 1. The fraction of sp³-hybridized carbons (Fsp3) is 0.158. The van der Waals surface area contributed by atoms with Crippen LogP contribution in [0.5, 0.6) is 5.75 Å². The highest BCUT2D eigenvalue weighted by Gasteiger charge is 2.33. The lowest BCUT2D eigenvalue weighted by molar-refractivity contribution is -0.122. The molecule has 0 bridgehead atoms. The highest BCUT2D eigenvalue weighted by Crippen LogP contribution is 2.33. The zero-order valence-electron chi connectivity index (χ0n) is 13.6. The molecule has 0 unspecified atom stereocenters. The predicted octanol–water partition coefficient (Wildman–Crippen LogP) is 4.46. The van der Waals surface area contributed by atoms with Crippen molar-refractivity contribution < 1.29 is 18.7 Å². The van der Waals surface area contributed by atoms with Gasteiger partial charge in [-0.3, -0.25) is 14.5 Å². The van der Waals surface area contributed by atoms with Crippen molar-refractivity contribution in [3.05, 3.63) is 70.4 Å². The lowest BCUT2D eigenvalue weighted by Crippen LogP contribution is -2.27. The third kappa shape index (κ3) is 3.74. The molecule has 1 saturated heterocycles. The van der Waals surface area contributed by atoms with E-state index in [9.17, 15) is 14.0 Å². The molecular formula is C19H16FNO3S. The zero-order chi connectivity index (χ0) is 17.8. The summed E-state index contributed by atoms with van der Waals surface area (Å²) < 4.78 is 19.4. The number of ether oxygens (including phenoxy) is 1. The van der Waals surface area contributed by atoms with Gasteiger partial charge in [-0.05, 0) is 36.9 Å². The number of carbonyl (C=O) groups excluding carboxylic acids is 2. The summed E-state index contributed by atoms with van der Waals surface area (Å²) >= 11 is 0.910. The second-order valence-electron chi connectivity index (χ2n) is 5.34. The minimum atomic E-state index is -0.330. The Labute approximate surface area is 149 Å². The summed E-state index contributed by atoms with van der Waals surface area (Å²) in [5.41, 5.74) is 1.11. The summed E-state index contributed by atoms with van der Waals surface area (Å²) in [5.74, 6) is -0.112. The Morgan fingerprint density at radius 1 is 1.12 bits per heavy atom. The first-order valence-corrected chi connectivity index (χ1v) is 8.62. The molecule has 1 fully saturated rings. The van der Waals surface area contributed by atoms with Crippen molar-refractivity contribution >= 4 is 29.0 Å². The van der Waals surface area contributed by atoms with Crippen LogP contribution < -0.4 is 4.74 Å². The maximum absolute atomic E-state index is 13.7. The Kier molecular flexibility index (Phi) is 5.19. The average molecular weight is 357 g/mol. The number of thioether (sulfide) groups is 1. The van der Waals surface area contributed by atoms with Gasteiger partial charge in [0.25, 0.3) is 11.1 Å². The molecule has 6 heteroatoms. The van der Waals surface area contributed by atoms with E-state index in [0.717, 1.165) is 11.8 Å². The molecular weight excluding hydrogens is 341 g/mol. The van der Waals surface area contributed by atoms with E-state index in [1.165, 1.54) is 11.0 Å². The fourth-order valence-electron chi connectivity index (χ4n) is 2.42. The number of imide groups is 1. The van der Waals surface area contributed by atoms with E-state index in [0.29, 0.717) is 28.3 Å². The van der Waals surface area contributed by atoms with Gasteiger partial charge >= 0.3 is 0 Å². The van der Waals surface area contributed by atoms with Crippen LogP contribution >= 0.6 is 11.8 Å². The number of benzene rings is 2. The first kappa shape index (κ1) is 17.2. The zero-order valence-corrected chi connectivity index (χ0v) is 14.4. The Morgan fingerprint density at radius 2 is 1.84 bits per heavy atom. The smallest absolute Gasteiger partial charge is 0.293 e. The van der Waals surface area contributed by atoms with Crippen molar-refractivity contribution in [2.75, 3.05) is 6.54 Å². The number of likely N-dealkylation sites (N-methyl/N-ethyl adjacent to an activating group) is 1. The minimum absolute atomic E-state index is 0.0773. The largest absolute Gasteiger partial charge is 0.488 e. The summed E-state index contributed by atoms with van der Waals surface area (Å²) in [6.45, 7) is 2.17. The highest BCUT2D eigenvalue weighted by atomic mass is 32.2. The van der Waals surface area contributed by atoms with Gasteiger partial charge in [0.05, 0.1) is 4.91 Å². The van der Waals surface area contributed by atoms with Crippen molar-refractivity contribution in [1.29, 1.82) is 0 Å². The van der Waals surface area contributed by atoms with Crippen LogP contribution in [-0.2, 0) is 11.4 Å². The maximum atomic E-state index is 13.7. The van der Waals surface area contributed by atoms with Crippen LogP contribution in [0.1, 0.15) is 18.1 Å². The average Bonchev–Trinajstić information content (AvgIpc) is 2.88. The molecule has 0 aromatic heterocycles. The standard InChI is InChI=1S/C19H16FNO3S/c1-2-21-18(22)17(25-19(21)23)11-13-7-4-6-10-16(13)24-12-14-8-3-5-9-15(14)20/h3-11H,2,12H2,1H3/b17-11+. The normalized spacial score (nSPS) is 15.9. The summed E-state index contributed by atoms with van der Waals surface area (Å²) in [4.78, 5) is 25.6. The van der Waals surface area contributed by atoms with E-state index < -0.39 is 0 Å². The van der Waals surface area contributed by atoms with E-state index in [1.54, 1.807) is 49.4 Å². The Hall–Kier alpha value is -2.60. The molecule has 2 aromatic carbocycles. The maximum Gasteiger partial charge on any atom is 0.293 e. The van der Waals surface area contributed by atoms with Gasteiger partial charge in [0.2, 0.25) is 0 Å². The SMILES string of the molecule is CCN1C(=O)S/C(=C/c2ccccc2OCc2ccccc2F)C1=O.